The quantitative estimate of drug-likeness (QED) is 0.595. The van der Waals surface area contributed by atoms with Gasteiger partial charge in [0.15, 0.2) is 0 Å². The van der Waals surface area contributed by atoms with E-state index in [1.165, 1.54) is 12.8 Å². The Morgan fingerprint density at radius 3 is 2.60 bits per heavy atom. The second-order valence-corrected chi connectivity index (χ2v) is 3.61. The Kier molecular flexibility index (Phi) is 2.72. The molecule has 3 atom stereocenters. The van der Waals surface area contributed by atoms with Crippen LogP contribution in [0.2, 0.25) is 0 Å². The van der Waals surface area contributed by atoms with E-state index < -0.39 is 0 Å². The highest BCUT2D eigenvalue weighted by molar-refractivity contribution is 4.76. The van der Waals surface area contributed by atoms with Crippen molar-refractivity contribution in [2.75, 3.05) is 0 Å². The highest BCUT2D eigenvalue weighted by atomic mass is 16.3. The molecule has 1 nitrogen and oxygen atoms in total. The average molecular weight is 142 g/mol. The van der Waals surface area contributed by atoms with Gasteiger partial charge in [-0.15, -0.1) is 0 Å². The Morgan fingerprint density at radius 2 is 2.10 bits per heavy atom. The van der Waals surface area contributed by atoms with Crippen LogP contribution in [0.4, 0.5) is 0 Å². The van der Waals surface area contributed by atoms with Crippen LogP contribution in [0.15, 0.2) is 0 Å². The first-order valence-electron chi connectivity index (χ1n) is 4.42. The molecule has 0 radical (unpaired) electrons. The van der Waals surface area contributed by atoms with Gasteiger partial charge in [-0.25, -0.2) is 0 Å². The Balaban J connectivity index is 2.38. The molecule has 1 fully saturated rings. The molecule has 0 aromatic heterocycles. The van der Waals surface area contributed by atoms with Crippen LogP contribution in [-0.2, 0) is 0 Å². The molecule has 0 aliphatic heterocycles. The predicted molar refractivity (Wildman–Crippen MR) is 42.8 cm³/mol. The SMILES string of the molecule is CC[C@H]1C[C@@H](O)CC[C@H]1C. The fourth-order valence-electron chi connectivity index (χ4n) is 1.96. The van der Waals surface area contributed by atoms with E-state index in [1.807, 2.05) is 0 Å². The average Bonchev–Trinajstić information content (AvgIpc) is 1.94. The van der Waals surface area contributed by atoms with Crippen molar-refractivity contribution < 1.29 is 5.11 Å². The molecule has 0 saturated heterocycles. The Morgan fingerprint density at radius 1 is 1.40 bits per heavy atom. The zero-order valence-corrected chi connectivity index (χ0v) is 7.01. The van der Waals surface area contributed by atoms with Crippen molar-refractivity contribution in [2.24, 2.45) is 11.8 Å². The van der Waals surface area contributed by atoms with Gasteiger partial charge in [0.2, 0.25) is 0 Å². The van der Waals surface area contributed by atoms with Gasteiger partial charge in [0.25, 0.3) is 0 Å². The van der Waals surface area contributed by atoms with Crippen LogP contribution in [0.25, 0.3) is 0 Å². The van der Waals surface area contributed by atoms with Crippen molar-refractivity contribution in [3.05, 3.63) is 0 Å². The summed E-state index contributed by atoms with van der Waals surface area (Å²) >= 11 is 0. The molecule has 1 rings (SSSR count). The first-order valence-corrected chi connectivity index (χ1v) is 4.42. The summed E-state index contributed by atoms with van der Waals surface area (Å²) in [5.41, 5.74) is 0. The van der Waals surface area contributed by atoms with Gasteiger partial charge in [0, 0.05) is 0 Å². The van der Waals surface area contributed by atoms with Crippen LogP contribution in [0, 0.1) is 11.8 Å². The Hall–Kier alpha value is -0.0400. The van der Waals surface area contributed by atoms with Crippen molar-refractivity contribution in [3.63, 3.8) is 0 Å². The molecule has 0 unspecified atom stereocenters. The molecular weight excluding hydrogens is 124 g/mol. The van der Waals surface area contributed by atoms with Gasteiger partial charge in [-0.05, 0) is 31.1 Å². The number of hydrogen-bond acceptors (Lipinski definition) is 1. The summed E-state index contributed by atoms with van der Waals surface area (Å²) in [6.07, 6.45) is 4.52. The Labute approximate surface area is 63.4 Å². The zero-order chi connectivity index (χ0) is 7.56. The van der Waals surface area contributed by atoms with Crippen LogP contribution in [0.3, 0.4) is 0 Å². The molecule has 1 heteroatoms. The molecule has 60 valence electrons. The Bertz CT molecular complexity index is 101. The summed E-state index contributed by atoms with van der Waals surface area (Å²) < 4.78 is 0. The van der Waals surface area contributed by atoms with Gasteiger partial charge < -0.3 is 5.11 Å². The number of rotatable bonds is 1. The molecule has 1 N–H and O–H groups in total. The van der Waals surface area contributed by atoms with E-state index in [2.05, 4.69) is 13.8 Å². The minimum Gasteiger partial charge on any atom is -0.393 e. The van der Waals surface area contributed by atoms with Crippen LogP contribution in [0.1, 0.15) is 39.5 Å². The van der Waals surface area contributed by atoms with Gasteiger partial charge in [-0.3, -0.25) is 0 Å². The number of hydrogen-bond donors (Lipinski definition) is 1. The van der Waals surface area contributed by atoms with Gasteiger partial charge in [-0.2, -0.15) is 0 Å². The minimum atomic E-state index is 0.00106. The lowest BCUT2D eigenvalue weighted by atomic mass is 9.78. The van der Waals surface area contributed by atoms with Crippen molar-refractivity contribution in [2.45, 2.75) is 45.6 Å². The molecule has 0 amide bonds. The number of aliphatic hydroxyl groups is 1. The highest BCUT2D eigenvalue weighted by Gasteiger charge is 2.24. The van der Waals surface area contributed by atoms with Gasteiger partial charge >= 0.3 is 0 Å². The van der Waals surface area contributed by atoms with Crippen LogP contribution < -0.4 is 0 Å². The van der Waals surface area contributed by atoms with Crippen molar-refractivity contribution in [1.82, 2.24) is 0 Å². The highest BCUT2D eigenvalue weighted by Crippen LogP contribution is 2.31. The second kappa shape index (κ2) is 3.38. The molecule has 0 aromatic rings. The van der Waals surface area contributed by atoms with E-state index in [1.54, 1.807) is 0 Å². The van der Waals surface area contributed by atoms with Crippen LogP contribution in [-0.4, -0.2) is 11.2 Å². The lowest BCUT2D eigenvalue weighted by Crippen LogP contribution is -2.25. The maximum atomic E-state index is 9.33. The van der Waals surface area contributed by atoms with Crippen LogP contribution >= 0.6 is 0 Å². The molecule has 0 heterocycles. The maximum absolute atomic E-state index is 9.33. The monoisotopic (exact) mass is 142 g/mol. The summed E-state index contributed by atoms with van der Waals surface area (Å²) in [6.45, 7) is 4.53. The molecule has 1 saturated carbocycles. The fraction of sp³-hybridized carbons (Fsp3) is 1.00. The first kappa shape index (κ1) is 8.06. The summed E-state index contributed by atoms with van der Waals surface area (Å²) in [5, 5.41) is 9.33. The van der Waals surface area contributed by atoms with Crippen molar-refractivity contribution >= 4 is 0 Å². The van der Waals surface area contributed by atoms with E-state index in [4.69, 9.17) is 0 Å². The summed E-state index contributed by atoms with van der Waals surface area (Å²) in [5.74, 6) is 1.62. The molecule has 0 aromatic carbocycles. The maximum Gasteiger partial charge on any atom is 0.0543 e. The van der Waals surface area contributed by atoms with E-state index in [9.17, 15) is 5.11 Å². The summed E-state index contributed by atoms with van der Waals surface area (Å²) in [7, 11) is 0. The largest absolute Gasteiger partial charge is 0.393 e. The standard InChI is InChI=1S/C9H18O/c1-3-8-6-9(10)5-4-7(8)2/h7-10H,3-6H2,1-2H3/t7-,8+,9+/m1/s1. The molecule has 1 aliphatic rings. The topological polar surface area (TPSA) is 20.2 Å². The first-order chi connectivity index (χ1) is 4.74. The fourth-order valence-corrected chi connectivity index (χ4v) is 1.96. The zero-order valence-electron chi connectivity index (χ0n) is 7.01. The van der Waals surface area contributed by atoms with E-state index >= 15 is 0 Å². The molecule has 0 spiro atoms. The summed E-state index contributed by atoms with van der Waals surface area (Å²) in [4.78, 5) is 0. The third kappa shape index (κ3) is 1.72. The van der Waals surface area contributed by atoms with Crippen molar-refractivity contribution in [1.29, 1.82) is 0 Å². The lowest BCUT2D eigenvalue weighted by molar-refractivity contribution is 0.0726. The second-order valence-electron chi connectivity index (χ2n) is 3.61. The van der Waals surface area contributed by atoms with E-state index in [0.717, 1.165) is 24.7 Å². The lowest BCUT2D eigenvalue weighted by Gasteiger charge is -2.30. The predicted octanol–water partition coefficient (Wildman–Crippen LogP) is 2.19. The van der Waals surface area contributed by atoms with Gasteiger partial charge in [-0.1, -0.05) is 20.3 Å². The summed E-state index contributed by atoms with van der Waals surface area (Å²) in [6, 6.07) is 0. The molecule has 1 aliphatic carbocycles. The molecule has 0 bridgehead atoms. The molecular formula is C9H18O. The van der Waals surface area contributed by atoms with Gasteiger partial charge in [0.1, 0.15) is 0 Å². The van der Waals surface area contributed by atoms with Crippen LogP contribution in [0.5, 0.6) is 0 Å². The normalized spacial score (nSPS) is 41.7. The third-order valence-electron chi connectivity index (χ3n) is 2.86. The third-order valence-corrected chi connectivity index (χ3v) is 2.86. The van der Waals surface area contributed by atoms with Crippen molar-refractivity contribution in [3.8, 4) is 0 Å². The van der Waals surface area contributed by atoms with E-state index in [0.29, 0.717) is 0 Å². The number of aliphatic hydroxyl groups excluding tert-OH is 1. The molecule has 10 heavy (non-hydrogen) atoms. The smallest absolute Gasteiger partial charge is 0.0543 e. The van der Waals surface area contributed by atoms with Gasteiger partial charge in [0.05, 0.1) is 6.10 Å². The minimum absolute atomic E-state index is 0.00106. The van der Waals surface area contributed by atoms with E-state index in [-0.39, 0.29) is 6.10 Å².